The Morgan fingerprint density at radius 3 is 2.69 bits per heavy atom. The molecular weight excluding hydrogens is 383 g/mol. The second-order valence-electron chi connectivity index (χ2n) is 8.73. The van der Waals surface area contributed by atoms with Gasteiger partial charge in [-0.15, -0.1) is 0 Å². The lowest BCUT2D eigenvalue weighted by Crippen LogP contribution is -2.54. The van der Waals surface area contributed by atoms with Gasteiger partial charge in [0.05, 0.1) is 10.6 Å². The van der Waals surface area contributed by atoms with E-state index < -0.39 is 52.0 Å². The minimum absolute atomic E-state index is 0.148. The molecule has 1 aliphatic carbocycles. The third-order valence-corrected chi connectivity index (χ3v) is 5.36. The summed E-state index contributed by atoms with van der Waals surface area (Å²) >= 11 is 0. The van der Waals surface area contributed by atoms with Gasteiger partial charge < -0.3 is 10.6 Å². The summed E-state index contributed by atoms with van der Waals surface area (Å²) in [5.41, 5.74) is -1.98. The summed E-state index contributed by atoms with van der Waals surface area (Å²) in [4.78, 5) is 48.7. The van der Waals surface area contributed by atoms with Gasteiger partial charge in [0, 0.05) is 12.1 Å². The largest absolute Gasteiger partial charge is 0.325 e. The lowest BCUT2D eigenvalue weighted by atomic mass is 9.64. The Morgan fingerprint density at radius 1 is 1.38 bits per heavy atom. The number of imide groups is 1. The standard InChI is InChI=1S/C19H23FN4O5/c1-11-7-18(2,3)10-19(8-11)16(26)23(17(27)22-19)9-15(25)21-14-6-12(24(28)29)4-5-13(14)20/h4-6,11H,7-10H2,1-3H3,(H,21,25)(H,22,27)/t11-,19+/m0/s1. The third-order valence-electron chi connectivity index (χ3n) is 5.36. The molecule has 9 nitrogen and oxygen atoms in total. The van der Waals surface area contributed by atoms with Crippen LogP contribution in [0.2, 0.25) is 0 Å². The van der Waals surface area contributed by atoms with E-state index in [1.54, 1.807) is 0 Å². The van der Waals surface area contributed by atoms with Crippen molar-refractivity contribution in [1.82, 2.24) is 10.2 Å². The van der Waals surface area contributed by atoms with Crippen molar-refractivity contribution < 1.29 is 23.7 Å². The SMILES string of the molecule is C[C@H]1CC(C)(C)C[C@@]2(C1)NC(=O)N(CC(=O)Nc1cc([N+](=O)[O-])ccc1F)C2=O. The van der Waals surface area contributed by atoms with Crippen molar-refractivity contribution in [2.24, 2.45) is 11.3 Å². The summed E-state index contributed by atoms with van der Waals surface area (Å²) in [6, 6.07) is 2.04. The summed E-state index contributed by atoms with van der Waals surface area (Å²) < 4.78 is 13.9. The maximum atomic E-state index is 13.9. The topological polar surface area (TPSA) is 122 Å². The fraction of sp³-hybridized carbons (Fsp3) is 0.526. The van der Waals surface area contributed by atoms with E-state index in [2.05, 4.69) is 10.6 Å². The van der Waals surface area contributed by atoms with Gasteiger partial charge in [-0.05, 0) is 36.7 Å². The molecule has 0 aromatic heterocycles. The summed E-state index contributed by atoms with van der Waals surface area (Å²) in [6.07, 6.45) is 1.87. The van der Waals surface area contributed by atoms with E-state index in [-0.39, 0.29) is 11.3 Å². The molecule has 1 heterocycles. The van der Waals surface area contributed by atoms with Gasteiger partial charge in [0.25, 0.3) is 11.6 Å². The van der Waals surface area contributed by atoms with E-state index in [0.717, 1.165) is 29.5 Å². The highest BCUT2D eigenvalue weighted by Crippen LogP contribution is 2.46. The highest BCUT2D eigenvalue weighted by Gasteiger charge is 2.56. The number of benzene rings is 1. The molecule has 0 bridgehead atoms. The van der Waals surface area contributed by atoms with Crippen LogP contribution in [0, 0.1) is 27.3 Å². The van der Waals surface area contributed by atoms with Crippen molar-refractivity contribution in [2.45, 2.75) is 45.6 Å². The lowest BCUT2D eigenvalue weighted by Gasteiger charge is -2.43. The molecule has 156 valence electrons. The number of nitrogens with one attached hydrogen (secondary N) is 2. The van der Waals surface area contributed by atoms with Crippen LogP contribution in [0.3, 0.4) is 0 Å². The molecule has 2 aliphatic rings. The number of nitro groups is 1. The Balaban J connectivity index is 1.75. The number of nitro benzene ring substituents is 1. The highest BCUT2D eigenvalue weighted by atomic mass is 19.1. The summed E-state index contributed by atoms with van der Waals surface area (Å²) in [5.74, 6) is -1.94. The number of anilines is 1. The first-order chi connectivity index (χ1) is 13.4. The van der Waals surface area contributed by atoms with Crippen molar-refractivity contribution >= 4 is 29.2 Å². The molecule has 1 saturated heterocycles. The first-order valence-corrected chi connectivity index (χ1v) is 9.30. The Morgan fingerprint density at radius 2 is 2.07 bits per heavy atom. The van der Waals surface area contributed by atoms with Gasteiger partial charge in [-0.1, -0.05) is 20.8 Å². The van der Waals surface area contributed by atoms with Crippen LogP contribution < -0.4 is 10.6 Å². The minimum atomic E-state index is -1.05. The normalized spacial score (nSPS) is 25.8. The fourth-order valence-electron chi connectivity index (χ4n) is 4.71. The van der Waals surface area contributed by atoms with Crippen LogP contribution in [-0.2, 0) is 9.59 Å². The first kappa shape index (κ1) is 20.7. The van der Waals surface area contributed by atoms with E-state index in [1.807, 2.05) is 20.8 Å². The molecule has 29 heavy (non-hydrogen) atoms. The van der Waals surface area contributed by atoms with Gasteiger partial charge in [0.15, 0.2) is 0 Å². The smallest absolute Gasteiger partial charge is 0.323 e. The van der Waals surface area contributed by atoms with E-state index in [9.17, 15) is 28.9 Å². The van der Waals surface area contributed by atoms with Crippen LogP contribution in [-0.4, -0.2) is 39.8 Å². The van der Waals surface area contributed by atoms with Crippen molar-refractivity contribution in [1.29, 1.82) is 0 Å². The number of carbonyl (C=O) groups excluding carboxylic acids is 3. The van der Waals surface area contributed by atoms with Crippen molar-refractivity contribution in [3.05, 3.63) is 34.1 Å². The molecule has 2 fully saturated rings. The van der Waals surface area contributed by atoms with Crippen molar-refractivity contribution in [3.63, 3.8) is 0 Å². The van der Waals surface area contributed by atoms with Gasteiger partial charge >= 0.3 is 6.03 Å². The number of halogens is 1. The summed E-state index contributed by atoms with van der Waals surface area (Å²) in [7, 11) is 0. The quantitative estimate of drug-likeness (QED) is 0.452. The van der Waals surface area contributed by atoms with Gasteiger partial charge in [-0.3, -0.25) is 24.6 Å². The molecule has 10 heteroatoms. The lowest BCUT2D eigenvalue weighted by molar-refractivity contribution is -0.384. The molecule has 3 rings (SSSR count). The monoisotopic (exact) mass is 406 g/mol. The molecule has 0 unspecified atom stereocenters. The van der Waals surface area contributed by atoms with Crippen molar-refractivity contribution in [3.8, 4) is 0 Å². The van der Waals surface area contributed by atoms with Crippen LogP contribution in [0.25, 0.3) is 0 Å². The molecule has 2 atom stereocenters. The highest BCUT2D eigenvalue weighted by molar-refractivity contribution is 6.10. The second kappa shape index (κ2) is 7.09. The number of hydrogen-bond donors (Lipinski definition) is 2. The van der Waals surface area contributed by atoms with Crippen LogP contribution >= 0.6 is 0 Å². The molecule has 0 radical (unpaired) electrons. The van der Waals surface area contributed by atoms with Crippen LogP contribution in [0.15, 0.2) is 18.2 Å². The predicted molar refractivity (Wildman–Crippen MR) is 101 cm³/mol. The zero-order chi connectivity index (χ0) is 21.6. The third kappa shape index (κ3) is 4.06. The average Bonchev–Trinajstić information content (AvgIpc) is 2.78. The number of urea groups is 1. The zero-order valence-electron chi connectivity index (χ0n) is 16.5. The Kier molecular flexibility index (Phi) is 5.06. The molecule has 1 saturated carbocycles. The maximum absolute atomic E-state index is 13.9. The summed E-state index contributed by atoms with van der Waals surface area (Å²) in [5, 5.41) is 15.8. The van der Waals surface area contributed by atoms with Crippen LogP contribution in [0.4, 0.5) is 20.6 Å². The number of rotatable bonds is 4. The van der Waals surface area contributed by atoms with E-state index in [0.29, 0.717) is 12.8 Å². The van der Waals surface area contributed by atoms with Gasteiger partial charge in [-0.2, -0.15) is 0 Å². The molecule has 2 N–H and O–H groups in total. The Hall–Kier alpha value is -3.04. The molecule has 1 spiro atoms. The number of non-ortho nitro benzene ring substituents is 1. The first-order valence-electron chi connectivity index (χ1n) is 9.30. The van der Waals surface area contributed by atoms with Crippen molar-refractivity contribution in [2.75, 3.05) is 11.9 Å². The number of nitrogens with zero attached hydrogens (tertiary/aromatic N) is 2. The number of amides is 4. The van der Waals surface area contributed by atoms with E-state index in [1.165, 1.54) is 0 Å². The summed E-state index contributed by atoms with van der Waals surface area (Å²) in [6.45, 7) is 5.47. The average molecular weight is 406 g/mol. The second-order valence-corrected chi connectivity index (χ2v) is 8.73. The fourth-order valence-corrected chi connectivity index (χ4v) is 4.71. The molecule has 1 aliphatic heterocycles. The molecular formula is C19H23FN4O5. The molecule has 4 amide bonds. The zero-order valence-corrected chi connectivity index (χ0v) is 16.5. The van der Waals surface area contributed by atoms with Gasteiger partial charge in [0.1, 0.15) is 17.9 Å². The van der Waals surface area contributed by atoms with E-state index >= 15 is 0 Å². The van der Waals surface area contributed by atoms with Gasteiger partial charge in [0.2, 0.25) is 5.91 Å². The maximum Gasteiger partial charge on any atom is 0.325 e. The van der Waals surface area contributed by atoms with Crippen LogP contribution in [0.1, 0.15) is 40.0 Å². The molecule has 1 aromatic carbocycles. The van der Waals surface area contributed by atoms with Gasteiger partial charge in [-0.25, -0.2) is 9.18 Å². The molecule has 1 aromatic rings. The Labute approximate surface area is 166 Å². The van der Waals surface area contributed by atoms with Crippen LogP contribution in [0.5, 0.6) is 0 Å². The Bertz CT molecular complexity index is 903. The predicted octanol–water partition coefficient (Wildman–Crippen LogP) is 2.81. The number of hydrogen-bond acceptors (Lipinski definition) is 5. The number of carbonyl (C=O) groups is 3. The van der Waals surface area contributed by atoms with E-state index in [4.69, 9.17) is 0 Å². The minimum Gasteiger partial charge on any atom is -0.323 e.